The van der Waals surface area contributed by atoms with Crippen LogP contribution in [0.15, 0.2) is 57.1 Å². The number of phenolic OH excluding ortho intramolecular Hbond substituents is 1. The van der Waals surface area contributed by atoms with Gasteiger partial charge in [0.05, 0.1) is 11.4 Å². The Morgan fingerprint density at radius 1 is 0.960 bits per heavy atom. The number of benzene rings is 2. The summed E-state index contributed by atoms with van der Waals surface area (Å²) in [4.78, 5) is 17.2. The lowest BCUT2D eigenvalue weighted by Gasteiger charge is -2.37. The van der Waals surface area contributed by atoms with Crippen molar-refractivity contribution in [1.29, 1.82) is 0 Å². The van der Waals surface area contributed by atoms with Crippen molar-refractivity contribution < 1.29 is 5.11 Å². The van der Waals surface area contributed by atoms with Crippen LogP contribution in [0.1, 0.15) is 0 Å². The summed E-state index contributed by atoms with van der Waals surface area (Å²) in [6, 6.07) is 13.2. The molecule has 1 aliphatic heterocycles. The Balaban J connectivity index is 1.59. The second-order valence-electron chi connectivity index (χ2n) is 6.05. The van der Waals surface area contributed by atoms with Gasteiger partial charge in [-0.2, -0.15) is 0 Å². The van der Waals surface area contributed by atoms with E-state index in [9.17, 15) is 9.90 Å². The van der Waals surface area contributed by atoms with E-state index in [0.717, 1.165) is 52.1 Å². The molecule has 0 aliphatic carbocycles. The first-order chi connectivity index (χ1) is 12.1. The minimum atomic E-state index is 0.0889. The van der Waals surface area contributed by atoms with E-state index >= 15 is 0 Å². The Hall–Kier alpha value is -2.05. The predicted octanol–water partition coefficient (Wildman–Crippen LogP) is 4.06. The number of halogens is 1. The van der Waals surface area contributed by atoms with Gasteiger partial charge in [0.1, 0.15) is 5.75 Å². The summed E-state index contributed by atoms with van der Waals surface area (Å²) in [5, 5.41) is 12.8. The molecular formula is C19H17BrN2O2S. The van der Waals surface area contributed by atoms with Crippen LogP contribution in [-0.2, 0) is 0 Å². The standard InChI is InChI=1S/C19H17BrN2O2S/c20-13-5-6-18-14(11-13)19(24)16(12-25-18)22-9-7-21(8-10-22)15-3-1-2-4-17(15)23/h1-6,11-12,23H,7-10H2. The molecule has 0 unspecified atom stereocenters. The van der Waals surface area contributed by atoms with Gasteiger partial charge >= 0.3 is 0 Å². The number of aromatic hydroxyl groups is 1. The molecule has 128 valence electrons. The van der Waals surface area contributed by atoms with Crippen molar-refractivity contribution in [1.82, 2.24) is 0 Å². The van der Waals surface area contributed by atoms with E-state index in [1.165, 1.54) is 0 Å². The number of rotatable bonds is 2. The van der Waals surface area contributed by atoms with Crippen LogP contribution in [0.4, 0.5) is 11.4 Å². The maximum Gasteiger partial charge on any atom is 0.211 e. The van der Waals surface area contributed by atoms with Gasteiger partial charge in [0.15, 0.2) is 0 Å². The number of para-hydroxylation sites is 2. The molecule has 1 N–H and O–H groups in total. The fraction of sp³-hybridized carbons (Fsp3) is 0.211. The maximum absolute atomic E-state index is 12.9. The van der Waals surface area contributed by atoms with Crippen molar-refractivity contribution in [3.05, 3.63) is 62.5 Å². The Bertz CT molecular complexity index is 981. The van der Waals surface area contributed by atoms with Crippen molar-refractivity contribution in [2.75, 3.05) is 36.0 Å². The van der Waals surface area contributed by atoms with Gasteiger partial charge in [0.2, 0.25) is 5.43 Å². The zero-order chi connectivity index (χ0) is 17.4. The van der Waals surface area contributed by atoms with E-state index in [2.05, 4.69) is 25.7 Å². The summed E-state index contributed by atoms with van der Waals surface area (Å²) < 4.78 is 1.93. The van der Waals surface area contributed by atoms with Crippen LogP contribution in [0.25, 0.3) is 10.1 Å². The molecule has 4 nitrogen and oxygen atoms in total. The number of phenols is 1. The van der Waals surface area contributed by atoms with Crippen molar-refractivity contribution in [2.45, 2.75) is 0 Å². The molecule has 25 heavy (non-hydrogen) atoms. The average Bonchev–Trinajstić information content (AvgIpc) is 2.63. The smallest absolute Gasteiger partial charge is 0.211 e. The zero-order valence-corrected chi connectivity index (χ0v) is 15.9. The monoisotopic (exact) mass is 416 g/mol. The minimum Gasteiger partial charge on any atom is -0.506 e. The topological polar surface area (TPSA) is 43.8 Å². The molecular weight excluding hydrogens is 400 g/mol. The lowest BCUT2D eigenvalue weighted by Crippen LogP contribution is -2.47. The molecule has 0 spiro atoms. The van der Waals surface area contributed by atoms with Gasteiger partial charge in [-0.25, -0.2) is 0 Å². The van der Waals surface area contributed by atoms with E-state index in [1.807, 2.05) is 41.8 Å². The largest absolute Gasteiger partial charge is 0.506 e. The molecule has 2 heterocycles. The second kappa shape index (κ2) is 6.69. The third-order valence-corrected chi connectivity index (χ3v) is 6.00. The summed E-state index contributed by atoms with van der Waals surface area (Å²) in [6.45, 7) is 3.07. The van der Waals surface area contributed by atoms with Crippen molar-refractivity contribution >= 4 is 48.7 Å². The van der Waals surface area contributed by atoms with Gasteiger partial charge < -0.3 is 14.9 Å². The number of nitrogens with zero attached hydrogens (tertiary/aromatic N) is 2. The minimum absolute atomic E-state index is 0.0889. The van der Waals surface area contributed by atoms with Crippen molar-refractivity contribution in [3.63, 3.8) is 0 Å². The highest BCUT2D eigenvalue weighted by molar-refractivity contribution is 9.10. The van der Waals surface area contributed by atoms with Crippen LogP contribution in [0.3, 0.4) is 0 Å². The molecule has 0 atom stereocenters. The molecule has 1 saturated heterocycles. The summed E-state index contributed by atoms with van der Waals surface area (Å²) in [5.41, 5.74) is 1.72. The Morgan fingerprint density at radius 3 is 2.36 bits per heavy atom. The fourth-order valence-electron chi connectivity index (χ4n) is 3.23. The van der Waals surface area contributed by atoms with Crippen molar-refractivity contribution in [3.8, 4) is 5.75 Å². The van der Waals surface area contributed by atoms with Gasteiger partial charge in [-0.3, -0.25) is 4.79 Å². The molecule has 6 heteroatoms. The summed E-state index contributed by atoms with van der Waals surface area (Å²) in [5.74, 6) is 0.304. The zero-order valence-electron chi connectivity index (χ0n) is 13.5. The van der Waals surface area contributed by atoms with E-state index in [4.69, 9.17) is 0 Å². The normalized spacial score (nSPS) is 14.9. The molecule has 0 saturated carbocycles. The maximum atomic E-state index is 12.9. The van der Waals surface area contributed by atoms with Gasteiger partial charge in [-0.15, -0.1) is 11.3 Å². The third kappa shape index (κ3) is 3.12. The molecule has 1 aromatic heterocycles. The van der Waals surface area contributed by atoms with E-state index in [1.54, 1.807) is 17.4 Å². The average molecular weight is 417 g/mol. The molecule has 0 radical (unpaired) electrons. The van der Waals surface area contributed by atoms with Gasteiger partial charge in [-0.1, -0.05) is 28.1 Å². The Labute approximate surface area is 158 Å². The van der Waals surface area contributed by atoms with Crippen molar-refractivity contribution in [2.24, 2.45) is 0 Å². The van der Waals surface area contributed by atoms with Crippen LogP contribution in [0.2, 0.25) is 0 Å². The number of fused-ring (bicyclic) bond motifs is 1. The van der Waals surface area contributed by atoms with E-state index < -0.39 is 0 Å². The van der Waals surface area contributed by atoms with Gasteiger partial charge in [0, 0.05) is 46.1 Å². The summed E-state index contributed by atoms with van der Waals surface area (Å²) in [6.07, 6.45) is 0. The fourth-order valence-corrected chi connectivity index (χ4v) is 4.51. The summed E-state index contributed by atoms with van der Waals surface area (Å²) in [7, 11) is 0. The highest BCUT2D eigenvalue weighted by atomic mass is 79.9. The molecule has 1 fully saturated rings. The SMILES string of the molecule is O=c1c(N2CCN(c3ccccc3O)CC2)csc2ccc(Br)cc12. The van der Waals surface area contributed by atoms with Gasteiger partial charge in [0.25, 0.3) is 0 Å². The van der Waals surface area contributed by atoms with E-state index in [-0.39, 0.29) is 5.43 Å². The predicted molar refractivity (Wildman–Crippen MR) is 108 cm³/mol. The molecule has 2 aromatic carbocycles. The first-order valence-corrected chi connectivity index (χ1v) is 9.80. The van der Waals surface area contributed by atoms with Crippen LogP contribution >= 0.6 is 27.3 Å². The molecule has 1 aliphatic rings. The lowest BCUT2D eigenvalue weighted by atomic mass is 10.2. The number of hydrogen-bond donors (Lipinski definition) is 1. The molecule has 3 aromatic rings. The highest BCUT2D eigenvalue weighted by Gasteiger charge is 2.21. The highest BCUT2D eigenvalue weighted by Crippen LogP contribution is 2.29. The second-order valence-corrected chi connectivity index (χ2v) is 7.88. The molecule has 0 amide bonds. The number of anilines is 2. The first-order valence-electron chi connectivity index (χ1n) is 8.12. The number of hydrogen-bond acceptors (Lipinski definition) is 5. The number of piperazine rings is 1. The van der Waals surface area contributed by atoms with Crippen LogP contribution in [0.5, 0.6) is 5.75 Å². The van der Waals surface area contributed by atoms with E-state index in [0.29, 0.717) is 5.75 Å². The quantitative estimate of drug-likeness (QED) is 0.683. The Morgan fingerprint density at radius 2 is 1.64 bits per heavy atom. The van der Waals surface area contributed by atoms with Crippen LogP contribution in [0, 0.1) is 0 Å². The van der Waals surface area contributed by atoms with Crippen LogP contribution < -0.4 is 15.2 Å². The third-order valence-electron chi connectivity index (χ3n) is 4.56. The van der Waals surface area contributed by atoms with Crippen LogP contribution in [-0.4, -0.2) is 31.3 Å². The first kappa shape index (κ1) is 16.4. The summed E-state index contributed by atoms with van der Waals surface area (Å²) >= 11 is 5.05. The molecule has 0 bridgehead atoms. The lowest BCUT2D eigenvalue weighted by molar-refractivity contribution is 0.472. The Kier molecular flexibility index (Phi) is 4.39. The molecule has 4 rings (SSSR count). The van der Waals surface area contributed by atoms with Gasteiger partial charge in [-0.05, 0) is 30.3 Å².